The van der Waals surface area contributed by atoms with E-state index in [1.807, 2.05) is 18.2 Å². The van der Waals surface area contributed by atoms with Crippen LogP contribution in [0.1, 0.15) is 19.4 Å². The van der Waals surface area contributed by atoms with Gasteiger partial charge in [-0.25, -0.2) is 0 Å². The predicted molar refractivity (Wildman–Crippen MR) is 108 cm³/mol. The highest BCUT2D eigenvalue weighted by Gasteiger charge is 2.14. The quantitative estimate of drug-likeness (QED) is 0.449. The molecule has 152 valence electrons. The molecule has 10 heteroatoms. The number of carbonyl (C=O) groups excluding carboxylic acids is 1. The van der Waals surface area contributed by atoms with Gasteiger partial charge in [-0.2, -0.15) is 0 Å². The first-order chi connectivity index (χ1) is 13.5. The van der Waals surface area contributed by atoms with Gasteiger partial charge in [0.15, 0.2) is 5.71 Å². The molecule has 0 radical (unpaired) electrons. The van der Waals surface area contributed by atoms with E-state index in [0.29, 0.717) is 22.8 Å². The minimum absolute atomic E-state index is 0.132. The molecule has 1 amide bonds. The topological polar surface area (TPSA) is 107 Å². The van der Waals surface area contributed by atoms with Crippen LogP contribution in [0.15, 0.2) is 44.9 Å². The van der Waals surface area contributed by atoms with Crippen molar-refractivity contribution in [2.75, 3.05) is 33.3 Å². The Morgan fingerprint density at radius 3 is 2.29 bits per heavy atom. The lowest BCUT2D eigenvalue weighted by atomic mass is 10.1. The summed E-state index contributed by atoms with van der Waals surface area (Å²) in [5.74, 6) is -0.338. The number of hydrogen-bond acceptors (Lipinski definition) is 9. The first kappa shape index (κ1) is 22.6. The Hall–Kier alpha value is -3.43. The van der Waals surface area contributed by atoms with Crippen LogP contribution in [0.25, 0.3) is 0 Å². The second kappa shape index (κ2) is 12.0. The fourth-order valence-corrected chi connectivity index (χ4v) is 2.17. The molecule has 1 rings (SSSR count). The lowest BCUT2D eigenvalue weighted by Crippen LogP contribution is -2.28. The number of carbonyl (C=O) groups is 1. The summed E-state index contributed by atoms with van der Waals surface area (Å²) >= 11 is 0. The minimum Gasteiger partial charge on any atom is -0.399 e. The normalized spacial score (nSPS) is 12.7. The van der Waals surface area contributed by atoms with Crippen molar-refractivity contribution in [1.82, 2.24) is 0 Å². The average molecular weight is 391 g/mol. The van der Waals surface area contributed by atoms with E-state index in [1.54, 1.807) is 27.0 Å². The van der Waals surface area contributed by atoms with Crippen molar-refractivity contribution in [1.29, 1.82) is 0 Å². The van der Waals surface area contributed by atoms with E-state index in [2.05, 4.69) is 25.5 Å². The van der Waals surface area contributed by atoms with Crippen LogP contribution in [-0.4, -0.2) is 57.6 Å². The van der Waals surface area contributed by atoms with Gasteiger partial charge in [-0.3, -0.25) is 4.79 Å². The largest absolute Gasteiger partial charge is 0.399 e. The van der Waals surface area contributed by atoms with Gasteiger partial charge in [0, 0.05) is 12.6 Å². The van der Waals surface area contributed by atoms with E-state index in [4.69, 9.17) is 14.5 Å². The van der Waals surface area contributed by atoms with Crippen molar-refractivity contribution < 1.29 is 24.1 Å². The molecule has 0 spiro atoms. The van der Waals surface area contributed by atoms with Crippen molar-refractivity contribution in [2.45, 2.75) is 20.5 Å². The van der Waals surface area contributed by atoms with Crippen LogP contribution in [-0.2, 0) is 30.8 Å². The number of nitrogens with zero attached hydrogens (tertiary/aromatic N) is 5. The van der Waals surface area contributed by atoms with E-state index in [9.17, 15) is 4.79 Å². The van der Waals surface area contributed by atoms with Crippen molar-refractivity contribution >= 4 is 34.9 Å². The van der Waals surface area contributed by atoms with Crippen LogP contribution >= 0.6 is 0 Å². The monoisotopic (exact) mass is 391 g/mol. The summed E-state index contributed by atoms with van der Waals surface area (Å²) in [5.41, 5.74) is 2.74. The zero-order valence-electron chi connectivity index (χ0n) is 16.9. The summed E-state index contributed by atoms with van der Waals surface area (Å²) in [7, 11) is 5.85. The standard InChI is InChI=1S/C18H25N5O5/c1-13(20-26-5)18(22-27-6)14(2)21-28-12-15-9-7-8-10-16(15)23(3)17(24)11-19-25-4/h7-11H,12H2,1-6H3. The molecule has 0 aliphatic rings. The summed E-state index contributed by atoms with van der Waals surface area (Å²) in [6.07, 6.45) is 1.09. The van der Waals surface area contributed by atoms with Gasteiger partial charge in [-0.15, -0.1) is 0 Å². The molecule has 1 aromatic rings. The molecule has 1 aromatic carbocycles. The molecule has 0 bridgehead atoms. The molecule has 0 atom stereocenters. The Labute approximate surface area is 164 Å². The van der Waals surface area contributed by atoms with E-state index in [0.717, 1.165) is 11.8 Å². The maximum Gasteiger partial charge on any atom is 0.272 e. The molecule has 10 nitrogen and oxygen atoms in total. The fraction of sp³-hybridized carbons (Fsp3) is 0.389. The number of anilines is 1. The highest BCUT2D eigenvalue weighted by molar-refractivity contribution is 6.67. The van der Waals surface area contributed by atoms with Crippen LogP contribution in [0.5, 0.6) is 0 Å². The fourth-order valence-electron chi connectivity index (χ4n) is 2.17. The number of para-hydroxylation sites is 1. The highest BCUT2D eigenvalue weighted by atomic mass is 16.6. The molecule has 0 aromatic heterocycles. The summed E-state index contributed by atoms with van der Waals surface area (Å²) in [5, 5.41) is 15.2. The van der Waals surface area contributed by atoms with Crippen molar-refractivity contribution in [3.63, 3.8) is 0 Å². The Morgan fingerprint density at radius 1 is 1.00 bits per heavy atom. The van der Waals surface area contributed by atoms with Gasteiger partial charge >= 0.3 is 0 Å². The lowest BCUT2D eigenvalue weighted by molar-refractivity contribution is -0.112. The Bertz CT molecular complexity index is 773. The van der Waals surface area contributed by atoms with E-state index >= 15 is 0 Å². The zero-order valence-corrected chi connectivity index (χ0v) is 16.9. The van der Waals surface area contributed by atoms with Gasteiger partial charge in [0.1, 0.15) is 45.6 Å². The summed E-state index contributed by atoms with van der Waals surface area (Å²) in [6, 6.07) is 7.28. The maximum atomic E-state index is 12.1. The number of oxime groups is 4. The molecular formula is C18H25N5O5. The van der Waals surface area contributed by atoms with E-state index in [1.165, 1.54) is 26.2 Å². The molecule has 0 heterocycles. The molecule has 0 unspecified atom stereocenters. The first-order valence-corrected chi connectivity index (χ1v) is 8.24. The van der Waals surface area contributed by atoms with Gasteiger partial charge in [0.05, 0.1) is 5.69 Å². The minimum atomic E-state index is -0.338. The summed E-state index contributed by atoms with van der Waals surface area (Å²) in [4.78, 5) is 33.1. The van der Waals surface area contributed by atoms with Gasteiger partial charge in [-0.05, 0) is 19.9 Å². The molecular weight excluding hydrogens is 366 g/mol. The molecule has 0 saturated heterocycles. The van der Waals surface area contributed by atoms with Gasteiger partial charge in [0.2, 0.25) is 0 Å². The molecule has 0 aliphatic carbocycles. The second-order valence-corrected chi connectivity index (χ2v) is 5.37. The van der Waals surface area contributed by atoms with Crippen molar-refractivity contribution in [3.8, 4) is 0 Å². The maximum absolute atomic E-state index is 12.1. The molecule has 0 saturated carbocycles. The third kappa shape index (κ3) is 6.71. The molecule has 0 N–H and O–H groups in total. The van der Waals surface area contributed by atoms with Crippen LogP contribution in [0.3, 0.4) is 0 Å². The van der Waals surface area contributed by atoms with Gasteiger partial charge < -0.3 is 24.3 Å². The number of rotatable bonds is 10. The average Bonchev–Trinajstić information content (AvgIpc) is 2.70. The van der Waals surface area contributed by atoms with Crippen LogP contribution < -0.4 is 4.90 Å². The number of benzene rings is 1. The van der Waals surface area contributed by atoms with Crippen molar-refractivity contribution in [2.24, 2.45) is 20.6 Å². The molecule has 0 fully saturated rings. The molecule has 0 aliphatic heterocycles. The van der Waals surface area contributed by atoms with Gasteiger partial charge in [0.25, 0.3) is 5.91 Å². The first-order valence-electron chi connectivity index (χ1n) is 8.24. The summed E-state index contributed by atoms with van der Waals surface area (Å²) < 4.78 is 0. The number of hydrogen-bond donors (Lipinski definition) is 0. The predicted octanol–water partition coefficient (Wildman–Crippen LogP) is 2.20. The lowest BCUT2D eigenvalue weighted by Gasteiger charge is -2.18. The number of amides is 1. The van der Waals surface area contributed by atoms with Crippen molar-refractivity contribution in [3.05, 3.63) is 29.8 Å². The SMILES string of the molecule is CON=CC(=O)N(C)c1ccccc1CON=C(C)C(=NOC)C(C)=NOC. The zero-order chi connectivity index (χ0) is 20.9. The highest BCUT2D eigenvalue weighted by Crippen LogP contribution is 2.20. The van der Waals surface area contributed by atoms with E-state index in [-0.39, 0.29) is 12.5 Å². The summed E-state index contributed by atoms with van der Waals surface area (Å²) in [6.45, 7) is 3.54. The van der Waals surface area contributed by atoms with Crippen LogP contribution in [0.2, 0.25) is 0 Å². The molecule has 28 heavy (non-hydrogen) atoms. The Balaban J connectivity index is 2.94. The second-order valence-electron chi connectivity index (χ2n) is 5.37. The Kier molecular flexibility index (Phi) is 9.73. The Morgan fingerprint density at radius 2 is 1.64 bits per heavy atom. The third-order valence-corrected chi connectivity index (χ3v) is 3.47. The van der Waals surface area contributed by atoms with Crippen LogP contribution in [0, 0.1) is 0 Å². The van der Waals surface area contributed by atoms with Crippen LogP contribution in [0.4, 0.5) is 5.69 Å². The smallest absolute Gasteiger partial charge is 0.272 e. The van der Waals surface area contributed by atoms with E-state index < -0.39 is 0 Å². The van der Waals surface area contributed by atoms with Gasteiger partial charge in [-0.1, -0.05) is 38.8 Å². The third-order valence-electron chi connectivity index (χ3n) is 3.47.